The Hall–Kier alpha value is -0.470. The smallest absolute Gasteiger partial charge is 0.0248 e. The monoisotopic (exact) mass is 249 g/mol. The zero-order valence-electron chi connectivity index (χ0n) is 11.1. The molecule has 0 aliphatic heterocycles. The topological polar surface area (TPSA) is 26.0 Å². The van der Waals surface area contributed by atoms with Crippen molar-refractivity contribution in [3.8, 4) is 0 Å². The maximum Gasteiger partial charge on any atom is 0.0248 e. The van der Waals surface area contributed by atoms with Gasteiger partial charge in [0, 0.05) is 16.2 Å². The molecule has 2 N–H and O–H groups in total. The van der Waals surface area contributed by atoms with E-state index < -0.39 is 0 Å². The van der Waals surface area contributed by atoms with Crippen molar-refractivity contribution in [3.05, 3.63) is 29.3 Å². The van der Waals surface area contributed by atoms with Crippen molar-refractivity contribution < 1.29 is 0 Å². The fraction of sp³-hybridized carbons (Fsp3) is 0.600. The van der Waals surface area contributed by atoms with Crippen molar-refractivity contribution in [3.63, 3.8) is 0 Å². The first-order valence-corrected chi connectivity index (χ1v) is 7.43. The molecule has 1 fully saturated rings. The highest BCUT2D eigenvalue weighted by atomic mass is 32.2. The summed E-state index contributed by atoms with van der Waals surface area (Å²) in [5.41, 5.74) is 8.98. The van der Waals surface area contributed by atoms with Gasteiger partial charge in [0.1, 0.15) is 0 Å². The molecule has 0 radical (unpaired) electrons. The van der Waals surface area contributed by atoms with Gasteiger partial charge in [0.25, 0.3) is 0 Å². The summed E-state index contributed by atoms with van der Waals surface area (Å²) in [6.07, 6.45) is 3.74. The minimum atomic E-state index is 0.372. The van der Waals surface area contributed by atoms with E-state index in [0.29, 0.717) is 11.3 Å². The highest BCUT2D eigenvalue weighted by molar-refractivity contribution is 8.00. The van der Waals surface area contributed by atoms with Gasteiger partial charge in [0.05, 0.1) is 0 Å². The zero-order valence-corrected chi connectivity index (χ0v) is 11.9. The van der Waals surface area contributed by atoms with Crippen molar-refractivity contribution in [1.29, 1.82) is 0 Å². The van der Waals surface area contributed by atoms with Gasteiger partial charge in [-0.2, -0.15) is 0 Å². The predicted octanol–water partition coefficient (Wildman–Crippen LogP) is 3.91. The molecule has 17 heavy (non-hydrogen) atoms. The molecule has 0 amide bonds. The Bertz CT molecular complexity index is 389. The predicted molar refractivity (Wildman–Crippen MR) is 76.6 cm³/mol. The van der Waals surface area contributed by atoms with E-state index in [9.17, 15) is 0 Å². The van der Waals surface area contributed by atoms with Crippen LogP contribution in [0.1, 0.15) is 37.3 Å². The summed E-state index contributed by atoms with van der Waals surface area (Å²) in [7, 11) is 0. The van der Waals surface area contributed by atoms with E-state index in [2.05, 4.69) is 39.0 Å². The highest BCUT2D eigenvalue weighted by Crippen LogP contribution is 2.36. The molecule has 1 nitrogen and oxygen atoms in total. The van der Waals surface area contributed by atoms with Gasteiger partial charge in [0.15, 0.2) is 0 Å². The Kier molecular flexibility index (Phi) is 4.16. The summed E-state index contributed by atoms with van der Waals surface area (Å²) in [6, 6.07) is 7.09. The minimum Gasteiger partial charge on any atom is -0.327 e. The molecule has 0 aromatic heterocycles. The molecule has 0 saturated heterocycles. The molecule has 2 heteroatoms. The second-order valence-corrected chi connectivity index (χ2v) is 6.79. The van der Waals surface area contributed by atoms with Gasteiger partial charge in [-0.25, -0.2) is 0 Å². The quantitative estimate of drug-likeness (QED) is 0.860. The summed E-state index contributed by atoms with van der Waals surface area (Å²) in [5, 5.41) is 0.597. The van der Waals surface area contributed by atoms with E-state index in [1.165, 1.54) is 35.3 Å². The first-order valence-electron chi connectivity index (χ1n) is 6.55. The lowest BCUT2D eigenvalue weighted by Crippen LogP contribution is -2.37. The molecular formula is C15H23NS. The second kappa shape index (κ2) is 5.45. The van der Waals surface area contributed by atoms with Crippen molar-refractivity contribution in [2.24, 2.45) is 11.7 Å². The number of nitrogens with two attached hydrogens (primary N) is 1. The van der Waals surface area contributed by atoms with Gasteiger partial charge in [-0.15, -0.1) is 11.8 Å². The molecule has 0 heterocycles. The molecule has 94 valence electrons. The lowest BCUT2D eigenvalue weighted by Gasteiger charge is -2.32. The van der Waals surface area contributed by atoms with Crippen LogP contribution in [0, 0.1) is 19.8 Å². The number of aryl methyl sites for hydroxylation is 2. The van der Waals surface area contributed by atoms with Crippen LogP contribution in [0.4, 0.5) is 0 Å². The Morgan fingerprint density at radius 3 is 2.71 bits per heavy atom. The lowest BCUT2D eigenvalue weighted by atomic mass is 9.87. The molecule has 1 saturated carbocycles. The number of benzene rings is 1. The van der Waals surface area contributed by atoms with Crippen LogP contribution in [0.3, 0.4) is 0 Å². The van der Waals surface area contributed by atoms with Crippen molar-refractivity contribution in [2.45, 2.75) is 56.2 Å². The lowest BCUT2D eigenvalue weighted by molar-refractivity contribution is 0.357. The summed E-state index contributed by atoms with van der Waals surface area (Å²) in [6.45, 7) is 6.70. The van der Waals surface area contributed by atoms with Crippen LogP contribution in [0.2, 0.25) is 0 Å². The van der Waals surface area contributed by atoms with E-state index in [1.54, 1.807) is 0 Å². The van der Waals surface area contributed by atoms with Crippen molar-refractivity contribution >= 4 is 11.8 Å². The van der Waals surface area contributed by atoms with Crippen LogP contribution in [0.15, 0.2) is 23.1 Å². The van der Waals surface area contributed by atoms with Crippen molar-refractivity contribution in [2.75, 3.05) is 0 Å². The van der Waals surface area contributed by atoms with Crippen LogP contribution in [0.5, 0.6) is 0 Å². The van der Waals surface area contributed by atoms with Gasteiger partial charge >= 0.3 is 0 Å². The minimum absolute atomic E-state index is 0.372. The molecular weight excluding hydrogens is 226 g/mol. The Morgan fingerprint density at radius 2 is 2.00 bits per heavy atom. The standard InChI is InChI=1S/C15H23NS/c1-10-5-7-14(12(3)8-10)17-15-9-11(2)4-6-13(15)16/h5,7-8,11,13,15H,4,6,9,16H2,1-3H3. The largest absolute Gasteiger partial charge is 0.327 e. The van der Waals surface area contributed by atoms with Crippen LogP contribution >= 0.6 is 11.8 Å². The Balaban J connectivity index is 2.08. The first-order chi connectivity index (χ1) is 8.06. The van der Waals surface area contributed by atoms with E-state index >= 15 is 0 Å². The summed E-state index contributed by atoms with van der Waals surface area (Å²) >= 11 is 1.99. The maximum atomic E-state index is 6.25. The third-order valence-corrected chi connectivity index (χ3v) is 5.27. The summed E-state index contributed by atoms with van der Waals surface area (Å²) in [5.74, 6) is 0.832. The summed E-state index contributed by atoms with van der Waals surface area (Å²) < 4.78 is 0. The van der Waals surface area contributed by atoms with E-state index in [4.69, 9.17) is 5.73 Å². The first kappa shape index (κ1) is 13.0. The van der Waals surface area contributed by atoms with E-state index in [0.717, 1.165) is 5.92 Å². The third-order valence-electron chi connectivity index (χ3n) is 3.71. The van der Waals surface area contributed by atoms with Crippen LogP contribution in [-0.4, -0.2) is 11.3 Å². The highest BCUT2D eigenvalue weighted by Gasteiger charge is 2.26. The zero-order chi connectivity index (χ0) is 12.4. The molecule has 3 unspecified atom stereocenters. The van der Waals surface area contributed by atoms with Crippen LogP contribution < -0.4 is 5.73 Å². The summed E-state index contributed by atoms with van der Waals surface area (Å²) in [4.78, 5) is 1.41. The van der Waals surface area contributed by atoms with Crippen LogP contribution in [0.25, 0.3) is 0 Å². The molecule has 1 aromatic carbocycles. The fourth-order valence-corrected chi connectivity index (χ4v) is 4.04. The molecule has 0 bridgehead atoms. The molecule has 3 atom stereocenters. The van der Waals surface area contributed by atoms with Crippen LogP contribution in [-0.2, 0) is 0 Å². The molecule has 1 aliphatic carbocycles. The molecule has 0 spiro atoms. The molecule has 1 aromatic rings. The maximum absolute atomic E-state index is 6.25. The second-order valence-electron chi connectivity index (χ2n) is 5.51. The van der Waals surface area contributed by atoms with Gasteiger partial charge in [-0.1, -0.05) is 24.6 Å². The Labute approximate surface area is 109 Å². The number of rotatable bonds is 2. The number of hydrogen-bond donors (Lipinski definition) is 1. The molecule has 1 aliphatic rings. The van der Waals surface area contributed by atoms with Gasteiger partial charge in [0.2, 0.25) is 0 Å². The number of thioether (sulfide) groups is 1. The van der Waals surface area contributed by atoms with E-state index in [-0.39, 0.29) is 0 Å². The normalized spacial score (nSPS) is 29.3. The average molecular weight is 249 g/mol. The van der Waals surface area contributed by atoms with Gasteiger partial charge < -0.3 is 5.73 Å². The SMILES string of the molecule is Cc1ccc(SC2CC(C)CCC2N)c(C)c1. The van der Waals surface area contributed by atoms with Crippen molar-refractivity contribution in [1.82, 2.24) is 0 Å². The van der Waals surface area contributed by atoms with Gasteiger partial charge in [-0.3, -0.25) is 0 Å². The third kappa shape index (κ3) is 3.26. The average Bonchev–Trinajstić information content (AvgIpc) is 2.27. The van der Waals surface area contributed by atoms with Gasteiger partial charge in [-0.05, 0) is 50.7 Å². The molecule has 2 rings (SSSR count). The fourth-order valence-electron chi connectivity index (χ4n) is 2.58. The van der Waals surface area contributed by atoms with E-state index in [1.807, 2.05) is 11.8 Å². The number of hydrogen-bond acceptors (Lipinski definition) is 2. The Morgan fingerprint density at radius 1 is 1.24 bits per heavy atom.